The number of nitrogens with one attached hydrogen (secondary N) is 1. The van der Waals surface area contributed by atoms with Crippen molar-refractivity contribution in [1.82, 2.24) is 15.2 Å². The van der Waals surface area contributed by atoms with Crippen LogP contribution in [0, 0.1) is 6.92 Å². The second kappa shape index (κ2) is 4.71. The maximum Gasteiger partial charge on any atom is 0.212 e. The lowest BCUT2D eigenvalue weighted by atomic mass is 10.2. The van der Waals surface area contributed by atoms with Crippen molar-refractivity contribution in [3.63, 3.8) is 0 Å². The van der Waals surface area contributed by atoms with Gasteiger partial charge in [0.25, 0.3) is 0 Å². The van der Waals surface area contributed by atoms with Crippen LogP contribution in [0.25, 0.3) is 11.1 Å². The summed E-state index contributed by atoms with van der Waals surface area (Å²) < 4.78 is 5.89. The molecule has 0 bridgehead atoms. The van der Waals surface area contributed by atoms with Crippen LogP contribution in [0.5, 0.6) is 0 Å². The third-order valence-corrected chi connectivity index (χ3v) is 3.62. The number of rotatable bonds is 2. The van der Waals surface area contributed by atoms with Crippen LogP contribution in [0.4, 0.5) is 0 Å². The highest BCUT2D eigenvalue weighted by Crippen LogP contribution is 2.24. The summed E-state index contributed by atoms with van der Waals surface area (Å²) in [7, 11) is 0. The van der Waals surface area contributed by atoms with E-state index in [4.69, 9.17) is 4.42 Å². The van der Waals surface area contributed by atoms with Gasteiger partial charge in [-0.05, 0) is 31.5 Å². The second-order valence-corrected chi connectivity index (χ2v) is 4.99. The molecule has 0 spiro atoms. The van der Waals surface area contributed by atoms with E-state index >= 15 is 0 Å². The summed E-state index contributed by atoms with van der Waals surface area (Å²) >= 11 is 0. The van der Waals surface area contributed by atoms with Gasteiger partial charge in [-0.25, -0.2) is 4.98 Å². The molecule has 1 saturated heterocycles. The number of fused-ring (bicyclic) bond motifs is 1. The molecule has 1 aromatic heterocycles. The van der Waals surface area contributed by atoms with Gasteiger partial charge < -0.3 is 9.73 Å². The molecule has 2 heterocycles. The fourth-order valence-corrected chi connectivity index (χ4v) is 2.45. The average molecular weight is 245 g/mol. The number of oxazole rings is 1. The van der Waals surface area contributed by atoms with E-state index in [1.54, 1.807) is 0 Å². The molecule has 0 amide bonds. The predicted octanol–water partition coefficient (Wildman–Crippen LogP) is 2.10. The first kappa shape index (κ1) is 11.7. The van der Waals surface area contributed by atoms with E-state index in [9.17, 15) is 0 Å². The topological polar surface area (TPSA) is 41.3 Å². The summed E-state index contributed by atoms with van der Waals surface area (Å²) in [4.78, 5) is 7.01. The first-order chi connectivity index (χ1) is 8.74. The molecule has 4 heteroatoms. The standard InChI is InChI=1S/C14H19N3O/c1-10-3-4-12-13(9-10)18-14(16-12)11(2)17-7-5-15-6-8-17/h3-4,9,11,15H,5-8H2,1-2H3. The van der Waals surface area contributed by atoms with Gasteiger partial charge in [0.2, 0.25) is 5.89 Å². The van der Waals surface area contributed by atoms with Crippen molar-refractivity contribution in [1.29, 1.82) is 0 Å². The van der Waals surface area contributed by atoms with E-state index in [1.807, 2.05) is 6.07 Å². The lowest BCUT2D eigenvalue weighted by Crippen LogP contribution is -2.44. The smallest absolute Gasteiger partial charge is 0.212 e. The maximum atomic E-state index is 5.89. The van der Waals surface area contributed by atoms with Gasteiger partial charge in [0, 0.05) is 26.2 Å². The molecule has 0 saturated carbocycles. The molecule has 1 unspecified atom stereocenters. The average Bonchev–Trinajstić information content (AvgIpc) is 2.81. The molecule has 1 atom stereocenters. The Bertz CT molecular complexity index is 543. The summed E-state index contributed by atoms with van der Waals surface area (Å²) in [5.74, 6) is 0.831. The highest BCUT2D eigenvalue weighted by molar-refractivity contribution is 5.73. The Labute approximate surface area is 107 Å². The van der Waals surface area contributed by atoms with E-state index in [1.165, 1.54) is 5.56 Å². The van der Waals surface area contributed by atoms with Crippen molar-refractivity contribution in [2.24, 2.45) is 0 Å². The van der Waals surface area contributed by atoms with Gasteiger partial charge in [-0.15, -0.1) is 0 Å². The molecule has 1 aromatic carbocycles. The predicted molar refractivity (Wildman–Crippen MR) is 71.6 cm³/mol. The largest absolute Gasteiger partial charge is 0.439 e. The van der Waals surface area contributed by atoms with Gasteiger partial charge >= 0.3 is 0 Å². The van der Waals surface area contributed by atoms with Crippen molar-refractivity contribution < 1.29 is 4.42 Å². The third-order valence-electron chi connectivity index (χ3n) is 3.62. The molecule has 2 aromatic rings. The summed E-state index contributed by atoms with van der Waals surface area (Å²) in [6.07, 6.45) is 0. The number of benzene rings is 1. The van der Waals surface area contributed by atoms with Crippen LogP contribution < -0.4 is 5.32 Å². The SMILES string of the molecule is Cc1ccc2nc(C(C)N3CCNCC3)oc2c1. The Morgan fingerprint density at radius 2 is 2.11 bits per heavy atom. The number of hydrogen-bond acceptors (Lipinski definition) is 4. The molecule has 1 aliphatic rings. The number of aryl methyl sites for hydroxylation is 1. The molecule has 18 heavy (non-hydrogen) atoms. The number of nitrogens with zero attached hydrogens (tertiary/aromatic N) is 2. The fourth-order valence-electron chi connectivity index (χ4n) is 2.45. The highest BCUT2D eigenvalue weighted by Gasteiger charge is 2.22. The van der Waals surface area contributed by atoms with Gasteiger partial charge in [-0.1, -0.05) is 6.07 Å². The first-order valence-electron chi connectivity index (χ1n) is 6.56. The van der Waals surface area contributed by atoms with Crippen LogP contribution in [0.2, 0.25) is 0 Å². The van der Waals surface area contributed by atoms with Gasteiger partial charge in [0.05, 0.1) is 6.04 Å². The van der Waals surface area contributed by atoms with E-state index in [-0.39, 0.29) is 6.04 Å². The van der Waals surface area contributed by atoms with Crippen molar-refractivity contribution in [2.75, 3.05) is 26.2 Å². The molecular weight excluding hydrogens is 226 g/mol. The number of aromatic nitrogens is 1. The van der Waals surface area contributed by atoms with E-state index < -0.39 is 0 Å². The lowest BCUT2D eigenvalue weighted by Gasteiger charge is -2.30. The molecule has 3 rings (SSSR count). The van der Waals surface area contributed by atoms with Crippen molar-refractivity contribution in [2.45, 2.75) is 19.9 Å². The highest BCUT2D eigenvalue weighted by atomic mass is 16.3. The Morgan fingerprint density at radius 1 is 1.33 bits per heavy atom. The minimum Gasteiger partial charge on any atom is -0.439 e. The zero-order valence-corrected chi connectivity index (χ0v) is 10.9. The van der Waals surface area contributed by atoms with Crippen LogP contribution in [-0.2, 0) is 0 Å². The first-order valence-corrected chi connectivity index (χ1v) is 6.56. The van der Waals surface area contributed by atoms with Crippen molar-refractivity contribution in [3.8, 4) is 0 Å². The minimum atomic E-state index is 0.250. The normalized spacial score (nSPS) is 19.2. The van der Waals surface area contributed by atoms with Crippen molar-refractivity contribution >= 4 is 11.1 Å². The lowest BCUT2D eigenvalue weighted by molar-refractivity contribution is 0.164. The Balaban J connectivity index is 1.88. The van der Waals surface area contributed by atoms with Crippen LogP contribution in [0.3, 0.4) is 0 Å². The zero-order valence-electron chi connectivity index (χ0n) is 10.9. The molecule has 0 radical (unpaired) electrons. The van der Waals surface area contributed by atoms with E-state index in [2.05, 4.69) is 41.2 Å². The van der Waals surface area contributed by atoms with Crippen LogP contribution in [0.1, 0.15) is 24.4 Å². The number of piperazine rings is 1. The quantitative estimate of drug-likeness (QED) is 0.879. The van der Waals surface area contributed by atoms with Gasteiger partial charge in [0.1, 0.15) is 5.52 Å². The maximum absolute atomic E-state index is 5.89. The fraction of sp³-hybridized carbons (Fsp3) is 0.500. The Morgan fingerprint density at radius 3 is 2.89 bits per heavy atom. The van der Waals surface area contributed by atoms with Gasteiger partial charge in [0.15, 0.2) is 5.58 Å². The van der Waals surface area contributed by atoms with E-state index in [0.29, 0.717) is 0 Å². The molecular formula is C14H19N3O. The molecule has 0 aliphatic carbocycles. The second-order valence-electron chi connectivity index (χ2n) is 4.99. The third kappa shape index (κ3) is 2.13. The van der Waals surface area contributed by atoms with E-state index in [0.717, 1.165) is 43.2 Å². The van der Waals surface area contributed by atoms with Gasteiger partial charge in [-0.2, -0.15) is 0 Å². The van der Waals surface area contributed by atoms with Crippen LogP contribution >= 0.6 is 0 Å². The van der Waals surface area contributed by atoms with Crippen molar-refractivity contribution in [3.05, 3.63) is 29.7 Å². The van der Waals surface area contributed by atoms with Crippen LogP contribution in [0.15, 0.2) is 22.6 Å². The summed E-state index contributed by atoms with van der Waals surface area (Å²) in [5.41, 5.74) is 3.06. The van der Waals surface area contributed by atoms with Crippen LogP contribution in [-0.4, -0.2) is 36.1 Å². The summed E-state index contributed by atoms with van der Waals surface area (Å²) in [6.45, 7) is 8.44. The molecule has 1 fully saturated rings. The summed E-state index contributed by atoms with van der Waals surface area (Å²) in [5, 5.41) is 3.36. The Kier molecular flexibility index (Phi) is 3.06. The molecule has 96 valence electrons. The zero-order chi connectivity index (χ0) is 12.5. The molecule has 1 aliphatic heterocycles. The van der Waals surface area contributed by atoms with Gasteiger partial charge in [-0.3, -0.25) is 4.90 Å². The Hall–Kier alpha value is -1.39. The summed E-state index contributed by atoms with van der Waals surface area (Å²) in [6, 6.07) is 6.41. The monoisotopic (exact) mass is 245 g/mol. The minimum absolute atomic E-state index is 0.250. The number of hydrogen-bond donors (Lipinski definition) is 1. The molecule has 1 N–H and O–H groups in total. The molecule has 4 nitrogen and oxygen atoms in total.